The molecule has 1 aliphatic heterocycles. The van der Waals surface area contributed by atoms with Crippen molar-refractivity contribution in [2.24, 2.45) is 0 Å². The van der Waals surface area contributed by atoms with Crippen molar-refractivity contribution in [1.29, 1.82) is 0 Å². The fourth-order valence-corrected chi connectivity index (χ4v) is 4.53. The number of allylic oxidation sites excluding steroid dienone is 1. The molecule has 5 rings (SSSR count). The first-order valence-corrected chi connectivity index (χ1v) is 12.1. The molecule has 1 atom stereocenters. The molecule has 0 saturated heterocycles. The largest absolute Gasteiger partial charge is 0.493 e. The van der Waals surface area contributed by atoms with Crippen LogP contribution in [0.3, 0.4) is 0 Å². The van der Waals surface area contributed by atoms with E-state index in [1.807, 2.05) is 49.4 Å². The van der Waals surface area contributed by atoms with Gasteiger partial charge in [-0.25, -0.2) is 4.79 Å². The molecular weight excluding hydrogens is 468 g/mol. The second kappa shape index (κ2) is 10.2. The second-order valence-electron chi connectivity index (χ2n) is 8.64. The number of rotatable bonds is 7. The fourth-order valence-electron chi connectivity index (χ4n) is 4.53. The summed E-state index contributed by atoms with van der Waals surface area (Å²) in [5, 5.41) is 7.38. The molecule has 2 amide bonds. The average Bonchev–Trinajstić information content (AvgIpc) is 3.43. The van der Waals surface area contributed by atoms with Crippen molar-refractivity contribution < 1.29 is 18.8 Å². The number of aromatic nitrogens is 2. The maximum atomic E-state index is 13.4. The lowest BCUT2D eigenvalue weighted by molar-refractivity contribution is 0.244. The van der Waals surface area contributed by atoms with Crippen LogP contribution in [-0.4, -0.2) is 30.4 Å². The highest BCUT2D eigenvalue weighted by molar-refractivity contribution is 6.01. The Morgan fingerprint density at radius 3 is 2.38 bits per heavy atom. The number of hydrogen-bond donors (Lipinski definition) is 1. The van der Waals surface area contributed by atoms with E-state index >= 15 is 0 Å². The molecule has 1 unspecified atom stereocenters. The van der Waals surface area contributed by atoms with Gasteiger partial charge in [-0.15, -0.1) is 0 Å². The Labute approximate surface area is 215 Å². The van der Waals surface area contributed by atoms with Crippen molar-refractivity contribution in [2.75, 3.05) is 19.1 Å². The molecule has 8 nitrogen and oxygen atoms in total. The Morgan fingerprint density at radius 1 is 0.973 bits per heavy atom. The van der Waals surface area contributed by atoms with Crippen LogP contribution >= 0.6 is 0 Å². The summed E-state index contributed by atoms with van der Waals surface area (Å²) in [6, 6.07) is 22.4. The van der Waals surface area contributed by atoms with Gasteiger partial charge in [-0.1, -0.05) is 66.7 Å². The number of aryl methyl sites for hydroxylation is 1. The Morgan fingerprint density at radius 2 is 1.70 bits per heavy atom. The van der Waals surface area contributed by atoms with Gasteiger partial charge in [0.05, 0.1) is 31.5 Å². The first-order chi connectivity index (χ1) is 18.0. The summed E-state index contributed by atoms with van der Waals surface area (Å²) in [4.78, 5) is 19.8. The van der Waals surface area contributed by atoms with E-state index in [9.17, 15) is 4.79 Å². The van der Waals surface area contributed by atoms with E-state index in [4.69, 9.17) is 19.0 Å². The first kappa shape index (κ1) is 24.1. The highest BCUT2D eigenvalue weighted by Crippen LogP contribution is 2.41. The third-order valence-corrected chi connectivity index (χ3v) is 6.52. The van der Waals surface area contributed by atoms with Crippen LogP contribution in [0.25, 0.3) is 17.0 Å². The molecule has 0 spiro atoms. The molecule has 1 N–H and O–H groups in total. The van der Waals surface area contributed by atoms with Crippen molar-refractivity contribution in [3.63, 3.8) is 0 Å². The minimum absolute atomic E-state index is 0.280. The lowest BCUT2D eigenvalue weighted by Crippen LogP contribution is -2.46. The van der Waals surface area contributed by atoms with Crippen molar-refractivity contribution in [3.05, 3.63) is 95.5 Å². The molecule has 0 bridgehead atoms. The van der Waals surface area contributed by atoms with Crippen molar-refractivity contribution >= 4 is 17.3 Å². The molecule has 0 radical (unpaired) electrons. The van der Waals surface area contributed by atoms with Crippen LogP contribution in [-0.2, 0) is 6.42 Å². The van der Waals surface area contributed by atoms with Crippen LogP contribution in [0.15, 0.2) is 83.0 Å². The van der Waals surface area contributed by atoms with Crippen LogP contribution in [0.4, 0.5) is 10.5 Å². The van der Waals surface area contributed by atoms with Gasteiger partial charge < -0.3 is 19.3 Å². The molecule has 0 aliphatic carbocycles. The van der Waals surface area contributed by atoms with E-state index in [-0.39, 0.29) is 6.03 Å². The number of methoxy groups -OCH3 is 2. The van der Waals surface area contributed by atoms with Crippen LogP contribution < -0.4 is 19.7 Å². The average molecular weight is 497 g/mol. The molecule has 37 heavy (non-hydrogen) atoms. The fraction of sp³-hybridized carbons (Fsp3) is 0.207. The van der Waals surface area contributed by atoms with E-state index in [1.54, 1.807) is 37.3 Å². The summed E-state index contributed by atoms with van der Waals surface area (Å²) in [6.07, 6.45) is 0.953. The van der Waals surface area contributed by atoms with Gasteiger partial charge in [-0.2, -0.15) is 4.98 Å². The Bertz CT molecular complexity index is 1440. The highest BCUT2D eigenvalue weighted by atomic mass is 16.5. The van der Waals surface area contributed by atoms with E-state index in [1.165, 1.54) is 5.56 Å². The van der Waals surface area contributed by atoms with Gasteiger partial charge >= 0.3 is 6.03 Å². The molecule has 1 aromatic heterocycles. The van der Waals surface area contributed by atoms with Crippen molar-refractivity contribution in [2.45, 2.75) is 26.3 Å². The third-order valence-electron chi connectivity index (χ3n) is 6.52. The van der Waals surface area contributed by atoms with Gasteiger partial charge in [-0.05, 0) is 36.6 Å². The van der Waals surface area contributed by atoms with E-state index in [2.05, 4.69) is 29.5 Å². The number of carbonyl (C=O) groups excluding carboxylic acids is 1. The van der Waals surface area contributed by atoms with Gasteiger partial charge in [-0.3, -0.25) is 4.90 Å². The number of ether oxygens (including phenoxy) is 2. The van der Waals surface area contributed by atoms with E-state index in [0.717, 1.165) is 17.5 Å². The highest BCUT2D eigenvalue weighted by Gasteiger charge is 2.36. The summed E-state index contributed by atoms with van der Waals surface area (Å²) in [5.74, 6) is 1.91. The maximum absolute atomic E-state index is 13.4. The topological polar surface area (TPSA) is 89.7 Å². The zero-order chi connectivity index (χ0) is 25.9. The van der Waals surface area contributed by atoms with Gasteiger partial charge in [0.15, 0.2) is 11.5 Å². The summed E-state index contributed by atoms with van der Waals surface area (Å²) < 4.78 is 16.6. The minimum Gasteiger partial charge on any atom is -0.493 e. The second-order valence-corrected chi connectivity index (χ2v) is 8.64. The van der Waals surface area contributed by atoms with Crippen LogP contribution in [0.1, 0.15) is 36.9 Å². The minimum atomic E-state index is -0.471. The predicted octanol–water partition coefficient (Wildman–Crippen LogP) is 6.02. The summed E-state index contributed by atoms with van der Waals surface area (Å²) in [5.41, 5.74) is 5.00. The molecular formula is C29H28N4O4. The SMILES string of the molecule is CCc1ccc(-c2noc(C3=C(C)N(c4ccc(OC)c(OC)c4)C(=O)NC3c3ccccc3)n2)cc1. The van der Waals surface area contributed by atoms with Gasteiger partial charge in [0.2, 0.25) is 5.82 Å². The summed E-state index contributed by atoms with van der Waals surface area (Å²) in [7, 11) is 3.13. The summed E-state index contributed by atoms with van der Waals surface area (Å²) in [6.45, 7) is 3.99. The van der Waals surface area contributed by atoms with Gasteiger partial charge in [0, 0.05) is 17.3 Å². The molecule has 0 fully saturated rings. The number of nitrogens with zero attached hydrogens (tertiary/aromatic N) is 3. The van der Waals surface area contributed by atoms with E-state index < -0.39 is 6.04 Å². The lowest BCUT2D eigenvalue weighted by Gasteiger charge is -2.35. The Balaban J connectivity index is 1.63. The number of amides is 2. The number of nitrogens with one attached hydrogen (secondary N) is 1. The third kappa shape index (κ3) is 4.53. The monoisotopic (exact) mass is 496 g/mol. The first-order valence-electron chi connectivity index (χ1n) is 12.1. The van der Waals surface area contributed by atoms with E-state index in [0.29, 0.717) is 40.2 Å². The van der Waals surface area contributed by atoms with Crippen molar-refractivity contribution in [3.8, 4) is 22.9 Å². The number of urea groups is 1. The quantitative estimate of drug-likeness (QED) is 0.337. The molecule has 0 saturated carbocycles. The van der Waals surface area contributed by atoms with Gasteiger partial charge in [0.25, 0.3) is 5.89 Å². The lowest BCUT2D eigenvalue weighted by atomic mass is 9.94. The molecule has 8 heteroatoms. The maximum Gasteiger partial charge on any atom is 0.327 e. The van der Waals surface area contributed by atoms with Crippen molar-refractivity contribution in [1.82, 2.24) is 15.5 Å². The standard InChI is InChI=1S/C29H28N4O4/c1-5-19-11-13-21(14-12-19)27-31-28(37-32-27)25-18(2)33(22-15-16-23(35-3)24(17-22)36-4)29(34)30-26(25)20-9-7-6-8-10-20/h6-17,26H,5H2,1-4H3,(H,30,34). The Hall–Kier alpha value is -4.59. The zero-order valence-corrected chi connectivity index (χ0v) is 21.2. The number of carbonyl (C=O) groups is 1. The smallest absolute Gasteiger partial charge is 0.327 e. The van der Waals surface area contributed by atoms with Crippen LogP contribution in [0.2, 0.25) is 0 Å². The molecule has 4 aromatic rings. The molecule has 3 aromatic carbocycles. The van der Waals surface area contributed by atoms with Crippen LogP contribution in [0.5, 0.6) is 11.5 Å². The molecule has 1 aliphatic rings. The van der Waals surface area contributed by atoms with Crippen LogP contribution in [0, 0.1) is 0 Å². The normalized spacial score (nSPS) is 15.5. The number of anilines is 1. The predicted molar refractivity (Wildman–Crippen MR) is 141 cm³/mol. The number of benzene rings is 3. The number of hydrogen-bond acceptors (Lipinski definition) is 6. The molecule has 2 heterocycles. The zero-order valence-electron chi connectivity index (χ0n) is 21.2. The Kier molecular flexibility index (Phi) is 6.64. The summed E-state index contributed by atoms with van der Waals surface area (Å²) >= 11 is 0. The molecule has 188 valence electrons. The van der Waals surface area contributed by atoms with Gasteiger partial charge in [0.1, 0.15) is 0 Å².